The number of carbonyl (C=O) groups is 1. The van der Waals surface area contributed by atoms with Crippen LogP contribution in [0.25, 0.3) is 10.9 Å². The van der Waals surface area contributed by atoms with Crippen LogP contribution >= 0.6 is 0 Å². The quantitative estimate of drug-likeness (QED) is 0.787. The van der Waals surface area contributed by atoms with Crippen molar-refractivity contribution < 1.29 is 9.53 Å². The summed E-state index contributed by atoms with van der Waals surface area (Å²) in [6.45, 7) is 5.17. The number of carbonyl (C=O) groups excluding carboxylic acids is 1. The van der Waals surface area contributed by atoms with Crippen LogP contribution in [0.2, 0.25) is 0 Å². The summed E-state index contributed by atoms with van der Waals surface area (Å²) in [5.74, 6) is 0.992. The number of hydrogen-bond acceptors (Lipinski definition) is 3. The molecule has 1 saturated heterocycles. The molecule has 0 bridgehead atoms. The van der Waals surface area contributed by atoms with Crippen molar-refractivity contribution in [2.45, 2.75) is 32.8 Å². The summed E-state index contributed by atoms with van der Waals surface area (Å²) in [5, 5.41) is 8.16. The van der Waals surface area contributed by atoms with Gasteiger partial charge in [-0.1, -0.05) is 6.07 Å². The maximum Gasteiger partial charge on any atom is 0.257 e. The van der Waals surface area contributed by atoms with E-state index in [-0.39, 0.29) is 12.0 Å². The lowest BCUT2D eigenvalue weighted by molar-refractivity contribution is 0.0597. The van der Waals surface area contributed by atoms with E-state index in [1.54, 1.807) is 0 Å². The molecule has 2 aromatic heterocycles. The minimum Gasteiger partial charge on any atom is -0.490 e. The van der Waals surface area contributed by atoms with Crippen LogP contribution in [0.4, 0.5) is 0 Å². The van der Waals surface area contributed by atoms with Crippen LogP contribution < -0.4 is 4.74 Å². The van der Waals surface area contributed by atoms with Gasteiger partial charge in [0.05, 0.1) is 16.8 Å². The average Bonchev–Trinajstić information content (AvgIpc) is 3.18. The van der Waals surface area contributed by atoms with E-state index in [2.05, 4.69) is 26.9 Å². The fraction of sp³-hybridized carbons (Fsp3) is 0.400. The van der Waals surface area contributed by atoms with Crippen molar-refractivity contribution in [2.75, 3.05) is 13.1 Å². The SMILES string of the molecule is Cc1n[nH]c(C)c1C(=O)N1CCC(Oc2cccc3c2ccn3C)CC1. The average molecular weight is 352 g/mol. The molecule has 1 amide bonds. The minimum absolute atomic E-state index is 0.0670. The van der Waals surface area contributed by atoms with Gasteiger partial charge in [-0.25, -0.2) is 0 Å². The van der Waals surface area contributed by atoms with Gasteiger partial charge in [0.1, 0.15) is 11.9 Å². The highest BCUT2D eigenvalue weighted by molar-refractivity contribution is 5.96. The van der Waals surface area contributed by atoms with Crippen molar-refractivity contribution >= 4 is 16.8 Å². The normalized spacial score (nSPS) is 15.6. The third kappa shape index (κ3) is 2.85. The predicted molar refractivity (Wildman–Crippen MR) is 101 cm³/mol. The number of aromatic amines is 1. The van der Waals surface area contributed by atoms with Crippen molar-refractivity contribution in [1.82, 2.24) is 19.7 Å². The smallest absolute Gasteiger partial charge is 0.257 e. The van der Waals surface area contributed by atoms with E-state index in [9.17, 15) is 4.79 Å². The van der Waals surface area contributed by atoms with Crippen LogP contribution in [0.15, 0.2) is 30.5 Å². The van der Waals surface area contributed by atoms with Crippen molar-refractivity contribution in [3.63, 3.8) is 0 Å². The third-order valence-electron chi connectivity index (χ3n) is 5.25. The second kappa shape index (κ2) is 6.52. The summed E-state index contributed by atoms with van der Waals surface area (Å²) in [5.41, 5.74) is 3.47. The summed E-state index contributed by atoms with van der Waals surface area (Å²) in [4.78, 5) is 14.7. The molecule has 1 N–H and O–H groups in total. The highest BCUT2D eigenvalue weighted by Crippen LogP contribution is 2.29. The minimum atomic E-state index is 0.0670. The Kier molecular flexibility index (Phi) is 4.18. The van der Waals surface area contributed by atoms with Crippen molar-refractivity contribution in [3.05, 3.63) is 47.4 Å². The lowest BCUT2D eigenvalue weighted by Gasteiger charge is -2.32. The fourth-order valence-electron chi connectivity index (χ4n) is 3.76. The highest BCUT2D eigenvalue weighted by atomic mass is 16.5. The molecule has 136 valence electrons. The first-order valence-corrected chi connectivity index (χ1v) is 9.06. The van der Waals surface area contributed by atoms with E-state index in [1.165, 1.54) is 5.52 Å². The molecule has 0 radical (unpaired) electrons. The van der Waals surface area contributed by atoms with E-state index in [1.807, 2.05) is 44.1 Å². The van der Waals surface area contributed by atoms with Gasteiger partial charge in [0, 0.05) is 50.3 Å². The summed E-state index contributed by atoms with van der Waals surface area (Å²) in [6, 6.07) is 8.24. The van der Waals surface area contributed by atoms with E-state index >= 15 is 0 Å². The Labute approximate surface area is 152 Å². The van der Waals surface area contributed by atoms with E-state index in [0.29, 0.717) is 18.7 Å². The summed E-state index contributed by atoms with van der Waals surface area (Å²) in [7, 11) is 2.04. The van der Waals surface area contributed by atoms with Crippen LogP contribution in [0.3, 0.4) is 0 Å². The summed E-state index contributed by atoms with van der Waals surface area (Å²) < 4.78 is 8.37. The maximum atomic E-state index is 12.8. The number of nitrogens with zero attached hydrogens (tertiary/aromatic N) is 3. The van der Waals surface area contributed by atoms with E-state index < -0.39 is 0 Å². The second-order valence-corrected chi connectivity index (χ2v) is 7.03. The van der Waals surface area contributed by atoms with Gasteiger partial charge >= 0.3 is 0 Å². The number of aryl methyl sites for hydroxylation is 3. The van der Waals surface area contributed by atoms with Crippen molar-refractivity contribution in [3.8, 4) is 5.75 Å². The number of H-pyrrole nitrogens is 1. The number of fused-ring (bicyclic) bond motifs is 1. The number of ether oxygens (including phenoxy) is 1. The van der Waals surface area contributed by atoms with Crippen molar-refractivity contribution in [2.24, 2.45) is 7.05 Å². The Hall–Kier alpha value is -2.76. The molecule has 1 aliphatic heterocycles. The molecule has 0 saturated carbocycles. The highest BCUT2D eigenvalue weighted by Gasteiger charge is 2.27. The van der Waals surface area contributed by atoms with Crippen LogP contribution in [0.5, 0.6) is 5.75 Å². The number of hydrogen-bond donors (Lipinski definition) is 1. The number of likely N-dealkylation sites (tertiary alicyclic amines) is 1. The zero-order valence-electron chi connectivity index (χ0n) is 15.5. The maximum absolute atomic E-state index is 12.8. The first-order chi connectivity index (χ1) is 12.5. The largest absolute Gasteiger partial charge is 0.490 e. The first-order valence-electron chi connectivity index (χ1n) is 9.06. The Bertz CT molecular complexity index is 929. The molecule has 6 heteroatoms. The van der Waals surface area contributed by atoms with Crippen LogP contribution in [0, 0.1) is 13.8 Å². The van der Waals surface area contributed by atoms with Crippen LogP contribution in [0.1, 0.15) is 34.6 Å². The Balaban J connectivity index is 1.43. The zero-order chi connectivity index (χ0) is 18.3. The molecule has 26 heavy (non-hydrogen) atoms. The molecule has 0 atom stereocenters. The summed E-state index contributed by atoms with van der Waals surface area (Å²) in [6.07, 6.45) is 3.86. The van der Waals surface area contributed by atoms with Gasteiger partial charge < -0.3 is 14.2 Å². The number of amides is 1. The molecule has 4 rings (SSSR count). The molecule has 0 aliphatic carbocycles. The molecular formula is C20H24N4O2. The second-order valence-electron chi connectivity index (χ2n) is 7.03. The molecule has 3 aromatic rings. The fourth-order valence-corrected chi connectivity index (χ4v) is 3.76. The molecule has 1 fully saturated rings. The number of piperidine rings is 1. The standard InChI is InChI=1S/C20H24N4O2/c1-13-19(14(2)22-21-13)20(25)24-11-7-15(8-12-24)26-18-6-4-5-17-16(18)9-10-23(17)3/h4-6,9-10,15H,7-8,11-12H2,1-3H3,(H,21,22). The molecule has 1 aliphatic rings. The van der Waals surface area contributed by atoms with Gasteiger partial charge in [-0.2, -0.15) is 5.10 Å². The molecule has 1 aromatic carbocycles. The lowest BCUT2D eigenvalue weighted by atomic mass is 10.1. The van der Waals surface area contributed by atoms with E-state index in [0.717, 1.165) is 35.4 Å². The van der Waals surface area contributed by atoms with Gasteiger partial charge in [0.15, 0.2) is 0 Å². The zero-order valence-corrected chi connectivity index (χ0v) is 15.5. The van der Waals surface area contributed by atoms with Crippen molar-refractivity contribution in [1.29, 1.82) is 0 Å². The number of nitrogens with one attached hydrogen (secondary N) is 1. The molecule has 0 spiro atoms. The van der Waals surface area contributed by atoms with Gasteiger partial charge in [-0.15, -0.1) is 0 Å². The molecule has 6 nitrogen and oxygen atoms in total. The topological polar surface area (TPSA) is 63.1 Å². The monoisotopic (exact) mass is 352 g/mol. The Morgan fingerprint density at radius 1 is 1.23 bits per heavy atom. The first kappa shape index (κ1) is 16.7. The van der Waals surface area contributed by atoms with E-state index in [4.69, 9.17) is 4.74 Å². The number of benzene rings is 1. The third-order valence-corrected chi connectivity index (χ3v) is 5.25. The Morgan fingerprint density at radius 2 is 2.00 bits per heavy atom. The van der Waals surface area contributed by atoms with Crippen LogP contribution in [-0.4, -0.2) is 44.8 Å². The predicted octanol–water partition coefficient (Wildman–Crippen LogP) is 3.20. The van der Waals surface area contributed by atoms with Gasteiger partial charge in [0.2, 0.25) is 0 Å². The summed E-state index contributed by atoms with van der Waals surface area (Å²) >= 11 is 0. The molecular weight excluding hydrogens is 328 g/mol. The van der Waals surface area contributed by atoms with Gasteiger partial charge in [-0.3, -0.25) is 9.89 Å². The Morgan fingerprint density at radius 3 is 2.69 bits per heavy atom. The number of rotatable bonds is 3. The number of aromatic nitrogens is 3. The molecule has 0 unspecified atom stereocenters. The van der Waals surface area contributed by atoms with Gasteiger partial charge in [-0.05, 0) is 32.0 Å². The van der Waals surface area contributed by atoms with Gasteiger partial charge in [0.25, 0.3) is 5.91 Å². The van der Waals surface area contributed by atoms with Crippen LogP contribution in [-0.2, 0) is 7.05 Å². The lowest BCUT2D eigenvalue weighted by Crippen LogP contribution is -2.42. The molecule has 3 heterocycles.